The monoisotopic (exact) mass is 439 g/mol. The van der Waals surface area contributed by atoms with Crippen LogP contribution in [0.2, 0.25) is 0 Å². The normalized spacial score (nSPS) is 22.4. The Hall–Kier alpha value is -1.92. The fourth-order valence-corrected chi connectivity index (χ4v) is 5.88. The van der Waals surface area contributed by atoms with Crippen molar-refractivity contribution in [2.45, 2.75) is 70.5 Å². The van der Waals surface area contributed by atoms with Gasteiger partial charge in [-0.1, -0.05) is 25.3 Å². The third kappa shape index (κ3) is 4.65. The van der Waals surface area contributed by atoms with Crippen LogP contribution >= 0.6 is 12.2 Å². The summed E-state index contributed by atoms with van der Waals surface area (Å²) in [6.45, 7) is 6.59. The van der Waals surface area contributed by atoms with Crippen molar-refractivity contribution in [2.24, 2.45) is 0 Å². The maximum absolute atomic E-state index is 5.85. The molecule has 3 heterocycles. The Morgan fingerprint density at radius 3 is 2.61 bits per heavy atom. The van der Waals surface area contributed by atoms with Crippen LogP contribution < -0.4 is 5.32 Å². The predicted octanol–water partition coefficient (Wildman–Crippen LogP) is 4.93. The van der Waals surface area contributed by atoms with Crippen LogP contribution in [0, 0.1) is 13.8 Å². The second-order valence-corrected chi connectivity index (χ2v) is 9.85. The average Bonchev–Trinajstić information content (AvgIpc) is 3.24. The molecule has 2 aliphatic rings. The van der Waals surface area contributed by atoms with Gasteiger partial charge in [0.2, 0.25) is 0 Å². The largest absolute Gasteiger partial charge is 0.352 e. The summed E-state index contributed by atoms with van der Waals surface area (Å²) in [5, 5.41) is 4.46. The van der Waals surface area contributed by atoms with Crippen LogP contribution in [0.5, 0.6) is 0 Å². The van der Waals surface area contributed by atoms with Gasteiger partial charge in [0.1, 0.15) is 0 Å². The van der Waals surface area contributed by atoms with Gasteiger partial charge in [-0.3, -0.25) is 4.98 Å². The Bertz CT molecular complexity index is 885. The van der Waals surface area contributed by atoms with Gasteiger partial charge in [0.25, 0.3) is 0 Å². The summed E-state index contributed by atoms with van der Waals surface area (Å²) in [5.74, 6) is 0. The van der Waals surface area contributed by atoms with Crippen LogP contribution in [0.25, 0.3) is 0 Å². The summed E-state index contributed by atoms with van der Waals surface area (Å²) in [6, 6.07) is 9.48. The van der Waals surface area contributed by atoms with Crippen molar-refractivity contribution in [3.8, 4) is 0 Å². The summed E-state index contributed by atoms with van der Waals surface area (Å²) < 4.78 is 2.61. The number of aryl methyl sites for hydroxylation is 1. The second-order valence-electron chi connectivity index (χ2n) is 9.47. The highest BCUT2D eigenvalue weighted by atomic mass is 32.1. The van der Waals surface area contributed by atoms with E-state index in [9.17, 15) is 0 Å². The highest BCUT2D eigenvalue weighted by Crippen LogP contribution is 2.42. The summed E-state index contributed by atoms with van der Waals surface area (Å²) in [4.78, 5) is 9.35. The van der Waals surface area contributed by atoms with E-state index >= 15 is 0 Å². The van der Waals surface area contributed by atoms with Gasteiger partial charge >= 0.3 is 0 Å². The predicted molar refractivity (Wildman–Crippen MR) is 131 cm³/mol. The van der Waals surface area contributed by atoms with Gasteiger partial charge in [0.05, 0.1) is 17.8 Å². The van der Waals surface area contributed by atoms with Crippen LogP contribution in [0.4, 0.5) is 0 Å². The molecule has 1 aliphatic carbocycles. The van der Waals surface area contributed by atoms with E-state index in [0.29, 0.717) is 6.04 Å². The Morgan fingerprint density at radius 2 is 1.94 bits per heavy atom. The molecule has 0 spiro atoms. The van der Waals surface area contributed by atoms with Crippen LogP contribution in [0.1, 0.15) is 79.3 Å². The van der Waals surface area contributed by atoms with Crippen molar-refractivity contribution in [1.29, 1.82) is 0 Å². The van der Waals surface area contributed by atoms with Gasteiger partial charge in [-0.15, -0.1) is 0 Å². The Balaban J connectivity index is 1.70. The van der Waals surface area contributed by atoms with Gasteiger partial charge in [0, 0.05) is 30.2 Å². The summed E-state index contributed by atoms with van der Waals surface area (Å²) in [7, 11) is 4.26. The zero-order valence-corrected chi connectivity index (χ0v) is 20.3. The van der Waals surface area contributed by atoms with E-state index in [2.05, 4.69) is 65.8 Å². The van der Waals surface area contributed by atoms with E-state index in [1.54, 1.807) is 0 Å². The molecule has 2 atom stereocenters. The van der Waals surface area contributed by atoms with E-state index in [0.717, 1.165) is 30.3 Å². The van der Waals surface area contributed by atoms with Crippen molar-refractivity contribution >= 4 is 17.3 Å². The maximum atomic E-state index is 5.85. The molecular weight excluding hydrogens is 402 g/mol. The first-order valence-electron chi connectivity index (χ1n) is 11.8. The minimum absolute atomic E-state index is 0.0772. The minimum Gasteiger partial charge on any atom is -0.352 e. The zero-order valence-electron chi connectivity index (χ0n) is 19.5. The fourth-order valence-electron chi connectivity index (χ4n) is 5.55. The maximum Gasteiger partial charge on any atom is 0.170 e. The molecule has 0 bridgehead atoms. The first-order valence-corrected chi connectivity index (χ1v) is 12.2. The summed E-state index contributed by atoms with van der Waals surface area (Å²) in [6.07, 6.45) is 9.64. The molecule has 2 unspecified atom stereocenters. The molecule has 6 heteroatoms. The number of pyridine rings is 1. The van der Waals surface area contributed by atoms with Crippen molar-refractivity contribution in [2.75, 3.05) is 27.2 Å². The van der Waals surface area contributed by atoms with E-state index in [1.807, 2.05) is 12.3 Å². The lowest BCUT2D eigenvalue weighted by Gasteiger charge is -2.30. The molecule has 1 N–H and O–H groups in total. The molecule has 2 aromatic rings. The molecule has 1 saturated heterocycles. The molecule has 2 aromatic heterocycles. The molecule has 168 valence electrons. The molecule has 2 fully saturated rings. The van der Waals surface area contributed by atoms with Crippen molar-refractivity contribution in [3.63, 3.8) is 0 Å². The number of hydrogen-bond acceptors (Lipinski definition) is 3. The molecule has 31 heavy (non-hydrogen) atoms. The van der Waals surface area contributed by atoms with Crippen LogP contribution in [-0.4, -0.2) is 51.6 Å². The smallest absolute Gasteiger partial charge is 0.170 e. The summed E-state index contributed by atoms with van der Waals surface area (Å²) in [5.41, 5.74) is 5.24. The molecule has 1 saturated carbocycles. The van der Waals surface area contributed by atoms with Crippen LogP contribution in [0.3, 0.4) is 0 Å². The lowest BCUT2D eigenvalue weighted by Crippen LogP contribution is -2.32. The number of nitrogens with zero attached hydrogens (tertiary/aromatic N) is 4. The van der Waals surface area contributed by atoms with Crippen molar-refractivity contribution in [1.82, 2.24) is 24.7 Å². The lowest BCUT2D eigenvalue weighted by atomic mass is 9.94. The van der Waals surface area contributed by atoms with E-state index < -0.39 is 0 Å². The van der Waals surface area contributed by atoms with Gasteiger partial charge < -0.3 is 19.7 Å². The molecule has 0 amide bonds. The number of thiocarbonyl (C=S) groups is 1. The number of aromatic nitrogens is 2. The first kappa shape index (κ1) is 22.3. The highest BCUT2D eigenvalue weighted by molar-refractivity contribution is 7.80. The van der Waals surface area contributed by atoms with Crippen molar-refractivity contribution < 1.29 is 0 Å². The molecule has 0 aromatic carbocycles. The number of hydrogen-bond donors (Lipinski definition) is 1. The quantitative estimate of drug-likeness (QED) is 0.619. The third-order valence-corrected chi connectivity index (χ3v) is 7.34. The van der Waals surface area contributed by atoms with E-state index in [-0.39, 0.29) is 12.1 Å². The molecule has 5 nitrogen and oxygen atoms in total. The number of rotatable bonds is 7. The first-order chi connectivity index (χ1) is 15.0. The van der Waals surface area contributed by atoms with Crippen molar-refractivity contribution in [3.05, 3.63) is 53.1 Å². The molecule has 1 aliphatic heterocycles. The SMILES string of the molecule is Cc1cc(C2C(c3ccccn3)NC(=S)N2CCCN(C)C)c(C)n1C1CCCCC1. The van der Waals surface area contributed by atoms with E-state index in [4.69, 9.17) is 17.2 Å². The molecule has 0 radical (unpaired) electrons. The lowest BCUT2D eigenvalue weighted by molar-refractivity contribution is 0.290. The molecular formula is C25H37N5S. The van der Waals surface area contributed by atoms with Gasteiger partial charge in [-0.2, -0.15) is 0 Å². The standard InChI is InChI=1S/C25H37N5S/c1-18-17-21(19(2)30(18)20-11-6-5-7-12-20)24-23(22-13-8-9-14-26-22)27-25(31)29(24)16-10-15-28(3)4/h8-9,13-14,17,20,23-24H,5-7,10-12,15-16H2,1-4H3,(H,27,31). The minimum atomic E-state index is 0.0772. The van der Waals surface area contributed by atoms with Crippen LogP contribution in [0.15, 0.2) is 30.5 Å². The Labute approximate surface area is 192 Å². The third-order valence-electron chi connectivity index (χ3n) is 6.98. The number of nitrogens with one attached hydrogen (secondary N) is 1. The zero-order chi connectivity index (χ0) is 22.0. The fraction of sp³-hybridized carbons (Fsp3) is 0.600. The van der Waals surface area contributed by atoms with Gasteiger partial charge in [-0.05, 0) is 89.7 Å². The average molecular weight is 440 g/mol. The Kier molecular flexibility index (Phi) is 6.97. The topological polar surface area (TPSA) is 36.3 Å². The van der Waals surface area contributed by atoms with Crippen LogP contribution in [-0.2, 0) is 0 Å². The van der Waals surface area contributed by atoms with Gasteiger partial charge in [0.15, 0.2) is 5.11 Å². The summed E-state index contributed by atoms with van der Waals surface area (Å²) >= 11 is 5.85. The second kappa shape index (κ2) is 9.70. The Morgan fingerprint density at radius 1 is 1.16 bits per heavy atom. The molecule has 4 rings (SSSR count). The van der Waals surface area contributed by atoms with E-state index in [1.165, 1.54) is 49.1 Å². The van der Waals surface area contributed by atoms with Gasteiger partial charge in [-0.25, -0.2) is 0 Å². The highest BCUT2D eigenvalue weighted by Gasteiger charge is 2.41.